The molecule has 2 fully saturated rings. The molecule has 0 aliphatic carbocycles. The Morgan fingerprint density at radius 1 is 0.763 bits per heavy atom. The molecule has 2 aliphatic rings. The number of anilines is 1. The lowest BCUT2D eigenvalue weighted by atomic mass is 9.81. The lowest BCUT2D eigenvalue weighted by Crippen LogP contribution is -2.50. The molecule has 200 valence electrons. The van der Waals surface area contributed by atoms with Gasteiger partial charge in [-0.2, -0.15) is 0 Å². The number of imide groups is 1. The van der Waals surface area contributed by atoms with E-state index in [0.717, 1.165) is 61.7 Å². The quantitative estimate of drug-likeness (QED) is 0.399. The zero-order chi connectivity index (χ0) is 25.8. The molecule has 38 heavy (non-hydrogen) atoms. The number of rotatable bonds is 8. The van der Waals surface area contributed by atoms with E-state index in [1.54, 1.807) is 19.1 Å². The Morgan fingerprint density at radius 2 is 1.32 bits per heavy atom. The summed E-state index contributed by atoms with van der Waals surface area (Å²) in [6.07, 6.45) is 0.781. The number of likely N-dealkylation sites (N-methyl/N-ethyl adjacent to an activating group) is 1. The van der Waals surface area contributed by atoms with E-state index < -0.39 is 5.54 Å². The van der Waals surface area contributed by atoms with Gasteiger partial charge in [-0.3, -0.25) is 14.6 Å². The molecule has 8 heteroatoms. The summed E-state index contributed by atoms with van der Waals surface area (Å²) in [5, 5.41) is 0. The summed E-state index contributed by atoms with van der Waals surface area (Å²) in [4.78, 5) is 35.0. The first kappa shape index (κ1) is 27.5. The Hall–Kier alpha value is -3.55. The van der Waals surface area contributed by atoms with Gasteiger partial charge in [0, 0.05) is 39.8 Å². The van der Waals surface area contributed by atoms with Gasteiger partial charge in [0.25, 0.3) is 5.91 Å². The lowest BCUT2D eigenvalue weighted by Gasteiger charge is -2.38. The molecule has 0 saturated carbocycles. The van der Waals surface area contributed by atoms with Crippen LogP contribution in [0.2, 0.25) is 0 Å². The summed E-state index contributed by atoms with van der Waals surface area (Å²) in [5.41, 5.74) is 1.60. The Bertz CT molecular complexity index is 1190. The molecule has 0 atom stereocenters. The molecular formula is C30H35ClN4O3. The standard InChI is InChI=1S/C30H34N4O3.ClH/c1-31-28(35)30(24-12-5-3-6-13-24,25-14-7-4-8-15-25)34(29(31)36)19-11-18-32-20-22-33(23-21-32)26-16-9-10-17-27(26)37-2;/h3-10,12-17H,11,18-23H2,1-2H3;1H. The number of piperazine rings is 1. The number of amides is 3. The third-order valence-electron chi connectivity index (χ3n) is 7.57. The SMILES string of the molecule is COc1ccccc1N1CCN(CCCN2C(=O)N(C)C(=O)C2(c2ccccc2)c2ccccc2)CC1.Cl. The van der Waals surface area contributed by atoms with Crippen molar-refractivity contribution in [2.45, 2.75) is 12.0 Å². The molecule has 3 aromatic rings. The number of halogens is 1. The van der Waals surface area contributed by atoms with Gasteiger partial charge in [0.15, 0.2) is 5.54 Å². The number of methoxy groups -OCH3 is 1. The van der Waals surface area contributed by atoms with Crippen molar-refractivity contribution < 1.29 is 14.3 Å². The van der Waals surface area contributed by atoms with Crippen LogP contribution in [0.15, 0.2) is 84.9 Å². The molecule has 7 nitrogen and oxygen atoms in total. The Kier molecular flexibility index (Phi) is 8.59. The number of ether oxygens (including phenoxy) is 1. The van der Waals surface area contributed by atoms with Crippen molar-refractivity contribution in [3.8, 4) is 5.75 Å². The maximum Gasteiger partial charge on any atom is 0.327 e. The minimum atomic E-state index is -1.16. The van der Waals surface area contributed by atoms with Crippen LogP contribution in [0.1, 0.15) is 17.5 Å². The Morgan fingerprint density at radius 3 is 1.89 bits per heavy atom. The van der Waals surface area contributed by atoms with Crippen molar-refractivity contribution >= 4 is 30.0 Å². The smallest absolute Gasteiger partial charge is 0.327 e. The highest BCUT2D eigenvalue weighted by molar-refractivity contribution is 6.09. The number of benzene rings is 3. The van der Waals surface area contributed by atoms with E-state index in [-0.39, 0.29) is 24.3 Å². The molecule has 0 unspecified atom stereocenters. The lowest BCUT2D eigenvalue weighted by molar-refractivity contribution is -0.131. The van der Waals surface area contributed by atoms with Crippen LogP contribution in [-0.4, -0.2) is 80.1 Å². The van der Waals surface area contributed by atoms with Gasteiger partial charge in [0.05, 0.1) is 12.8 Å². The van der Waals surface area contributed by atoms with Gasteiger partial charge in [-0.25, -0.2) is 4.79 Å². The monoisotopic (exact) mass is 534 g/mol. The van der Waals surface area contributed by atoms with Crippen LogP contribution in [0.4, 0.5) is 10.5 Å². The molecule has 2 saturated heterocycles. The molecule has 0 radical (unpaired) electrons. The number of carbonyl (C=O) groups excluding carboxylic acids is 2. The zero-order valence-electron chi connectivity index (χ0n) is 22.0. The van der Waals surface area contributed by atoms with Crippen LogP contribution in [-0.2, 0) is 10.3 Å². The van der Waals surface area contributed by atoms with Crippen LogP contribution >= 0.6 is 12.4 Å². The maximum atomic E-state index is 13.8. The number of para-hydroxylation sites is 2. The van der Waals surface area contributed by atoms with Crippen LogP contribution in [0.5, 0.6) is 5.75 Å². The first-order valence-electron chi connectivity index (χ1n) is 12.9. The summed E-state index contributed by atoms with van der Waals surface area (Å²) in [6.45, 7) is 5.07. The third-order valence-corrected chi connectivity index (χ3v) is 7.57. The number of nitrogens with zero attached hydrogens (tertiary/aromatic N) is 4. The van der Waals surface area contributed by atoms with Crippen LogP contribution in [0, 0.1) is 0 Å². The van der Waals surface area contributed by atoms with E-state index in [4.69, 9.17) is 4.74 Å². The molecule has 3 amide bonds. The average molecular weight is 535 g/mol. The summed E-state index contributed by atoms with van der Waals surface area (Å²) < 4.78 is 5.54. The number of urea groups is 1. The molecule has 0 spiro atoms. The highest BCUT2D eigenvalue weighted by Gasteiger charge is 2.58. The second-order valence-electron chi connectivity index (χ2n) is 9.59. The number of hydrogen-bond acceptors (Lipinski definition) is 5. The average Bonchev–Trinajstić information content (AvgIpc) is 3.15. The van der Waals surface area contributed by atoms with Gasteiger partial charge in [0.1, 0.15) is 5.75 Å². The minimum Gasteiger partial charge on any atom is -0.495 e. The first-order chi connectivity index (χ1) is 18.1. The highest BCUT2D eigenvalue weighted by atomic mass is 35.5. The fraction of sp³-hybridized carbons (Fsp3) is 0.333. The predicted molar refractivity (Wildman–Crippen MR) is 152 cm³/mol. The van der Waals surface area contributed by atoms with E-state index in [9.17, 15) is 9.59 Å². The third kappa shape index (κ3) is 4.84. The molecule has 0 N–H and O–H groups in total. The predicted octanol–water partition coefficient (Wildman–Crippen LogP) is 4.47. The number of hydrogen-bond donors (Lipinski definition) is 0. The van der Waals surface area contributed by atoms with Gasteiger partial charge in [-0.1, -0.05) is 72.8 Å². The summed E-state index contributed by atoms with van der Waals surface area (Å²) in [7, 11) is 3.30. The van der Waals surface area contributed by atoms with Gasteiger partial charge < -0.3 is 14.5 Å². The van der Waals surface area contributed by atoms with Gasteiger partial charge in [-0.05, 0) is 36.2 Å². The summed E-state index contributed by atoms with van der Waals surface area (Å²) in [6, 6.07) is 27.2. The van der Waals surface area contributed by atoms with Crippen LogP contribution in [0.25, 0.3) is 0 Å². The van der Waals surface area contributed by atoms with Gasteiger partial charge in [-0.15, -0.1) is 12.4 Å². The Labute approximate surface area is 231 Å². The highest BCUT2D eigenvalue weighted by Crippen LogP contribution is 2.42. The van der Waals surface area contributed by atoms with E-state index in [1.165, 1.54) is 4.90 Å². The molecule has 3 aromatic carbocycles. The Balaban J connectivity index is 0.00000336. The molecule has 2 aliphatic heterocycles. The second kappa shape index (κ2) is 11.9. The van der Waals surface area contributed by atoms with E-state index in [2.05, 4.69) is 15.9 Å². The largest absolute Gasteiger partial charge is 0.495 e. The first-order valence-corrected chi connectivity index (χ1v) is 12.9. The van der Waals surface area contributed by atoms with Crippen molar-refractivity contribution in [3.05, 3.63) is 96.1 Å². The maximum absolute atomic E-state index is 13.8. The topological polar surface area (TPSA) is 56.3 Å². The fourth-order valence-electron chi connectivity index (χ4n) is 5.67. The van der Waals surface area contributed by atoms with Gasteiger partial charge >= 0.3 is 6.03 Å². The van der Waals surface area contributed by atoms with Crippen LogP contribution < -0.4 is 9.64 Å². The normalized spacial score (nSPS) is 17.5. The van der Waals surface area contributed by atoms with Crippen molar-refractivity contribution in [1.29, 1.82) is 0 Å². The zero-order valence-corrected chi connectivity index (χ0v) is 22.8. The van der Waals surface area contributed by atoms with Crippen LogP contribution in [0.3, 0.4) is 0 Å². The van der Waals surface area contributed by atoms with Crippen molar-refractivity contribution in [2.24, 2.45) is 0 Å². The van der Waals surface area contributed by atoms with Crippen molar-refractivity contribution in [3.63, 3.8) is 0 Å². The minimum absolute atomic E-state index is 0. The molecule has 0 bridgehead atoms. The fourth-order valence-corrected chi connectivity index (χ4v) is 5.67. The molecule has 0 aromatic heterocycles. The van der Waals surface area contributed by atoms with Crippen molar-refractivity contribution in [1.82, 2.24) is 14.7 Å². The summed E-state index contributed by atoms with van der Waals surface area (Å²) >= 11 is 0. The van der Waals surface area contributed by atoms with E-state index >= 15 is 0 Å². The molecule has 5 rings (SSSR count). The van der Waals surface area contributed by atoms with Gasteiger partial charge in [0.2, 0.25) is 0 Å². The number of carbonyl (C=O) groups is 2. The second-order valence-corrected chi connectivity index (χ2v) is 9.59. The van der Waals surface area contributed by atoms with E-state index in [0.29, 0.717) is 6.54 Å². The summed E-state index contributed by atoms with van der Waals surface area (Å²) in [5.74, 6) is 0.691. The van der Waals surface area contributed by atoms with Crippen molar-refractivity contribution in [2.75, 3.05) is 58.3 Å². The molecule has 2 heterocycles. The molecular weight excluding hydrogens is 500 g/mol. The van der Waals surface area contributed by atoms with E-state index in [1.807, 2.05) is 78.9 Å².